The number of hydrogen-bond donors (Lipinski definition) is 2. The van der Waals surface area contributed by atoms with Gasteiger partial charge in [-0.3, -0.25) is 4.79 Å². The monoisotopic (exact) mass is 229 g/mol. The van der Waals surface area contributed by atoms with E-state index in [2.05, 4.69) is 9.97 Å². The molecule has 0 atom stereocenters. The molecule has 1 aromatic carbocycles. The van der Waals surface area contributed by atoms with E-state index in [1.165, 1.54) is 6.33 Å². The Morgan fingerprint density at radius 3 is 3.00 bits per heavy atom. The number of carboxylic acids is 1. The molecule has 86 valence electrons. The second-order valence-electron chi connectivity index (χ2n) is 3.54. The summed E-state index contributed by atoms with van der Waals surface area (Å²) in [6.45, 7) is 0. The summed E-state index contributed by atoms with van der Waals surface area (Å²) >= 11 is 0. The molecule has 0 aliphatic rings. The molecule has 0 unspecified atom stereocenters. The molecule has 5 heteroatoms. The third-order valence-corrected chi connectivity index (χ3v) is 2.29. The third kappa shape index (κ3) is 2.57. The Hall–Kier alpha value is -2.43. The molecule has 0 spiro atoms. The van der Waals surface area contributed by atoms with E-state index in [0.717, 1.165) is 16.5 Å². The summed E-state index contributed by atoms with van der Waals surface area (Å²) in [5.41, 5.74) is 7.38. The molecule has 1 aromatic heterocycles. The lowest BCUT2D eigenvalue weighted by Crippen LogP contribution is -1.93. The molecule has 5 nitrogen and oxygen atoms in total. The quantitative estimate of drug-likeness (QED) is 0.836. The van der Waals surface area contributed by atoms with Gasteiger partial charge in [0.25, 0.3) is 0 Å². The Bertz CT molecular complexity index is 593. The van der Waals surface area contributed by atoms with Gasteiger partial charge < -0.3 is 10.8 Å². The minimum atomic E-state index is -0.857. The molecule has 0 aliphatic carbocycles. The van der Waals surface area contributed by atoms with Crippen LogP contribution in [-0.4, -0.2) is 21.0 Å². The van der Waals surface area contributed by atoms with Crippen molar-refractivity contribution >= 4 is 28.8 Å². The number of nitrogens with two attached hydrogens (primary N) is 1. The van der Waals surface area contributed by atoms with Crippen LogP contribution in [-0.2, 0) is 4.79 Å². The minimum Gasteiger partial charge on any atom is -0.481 e. The van der Waals surface area contributed by atoms with Crippen LogP contribution in [0.3, 0.4) is 0 Å². The van der Waals surface area contributed by atoms with Crippen LogP contribution in [0.1, 0.15) is 12.0 Å². The lowest BCUT2D eigenvalue weighted by atomic mass is 10.1. The maximum absolute atomic E-state index is 10.4. The lowest BCUT2D eigenvalue weighted by Gasteiger charge is -2.01. The van der Waals surface area contributed by atoms with E-state index in [4.69, 9.17) is 10.8 Å². The Balaban J connectivity index is 2.34. The lowest BCUT2D eigenvalue weighted by molar-refractivity contribution is -0.135. The van der Waals surface area contributed by atoms with Gasteiger partial charge >= 0.3 is 5.97 Å². The number of carbonyl (C=O) groups is 1. The zero-order valence-electron chi connectivity index (χ0n) is 9.00. The number of nitrogens with zero attached hydrogens (tertiary/aromatic N) is 2. The second-order valence-corrected chi connectivity index (χ2v) is 3.54. The highest BCUT2D eigenvalue weighted by molar-refractivity contribution is 5.89. The van der Waals surface area contributed by atoms with Gasteiger partial charge in [0.2, 0.25) is 0 Å². The van der Waals surface area contributed by atoms with Crippen LogP contribution >= 0.6 is 0 Å². The number of rotatable bonds is 3. The molecule has 0 radical (unpaired) electrons. The van der Waals surface area contributed by atoms with E-state index >= 15 is 0 Å². The molecule has 0 saturated carbocycles. The van der Waals surface area contributed by atoms with Crippen LogP contribution in [0.5, 0.6) is 0 Å². The van der Waals surface area contributed by atoms with Crippen LogP contribution in [0.4, 0.5) is 5.82 Å². The fourth-order valence-electron chi connectivity index (χ4n) is 1.49. The number of benzene rings is 1. The summed E-state index contributed by atoms with van der Waals surface area (Å²) < 4.78 is 0. The number of aromatic nitrogens is 2. The van der Waals surface area contributed by atoms with Gasteiger partial charge in [-0.15, -0.1) is 0 Å². The summed E-state index contributed by atoms with van der Waals surface area (Å²) in [5, 5.41) is 9.28. The number of fused-ring (bicyclic) bond motifs is 1. The van der Waals surface area contributed by atoms with Gasteiger partial charge in [-0.25, -0.2) is 9.97 Å². The summed E-state index contributed by atoms with van der Waals surface area (Å²) in [6, 6.07) is 5.52. The maximum Gasteiger partial charge on any atom is 0.307 e. The molecule has 0 fully saturated rings. The maximum atomic E-state index is 10.4. The van der Waals surface area contributed by atoms with Crippen molar-refractivity contribution in [2.75, 3.05) is 5.73 Å². The molecule has 3 N–H and O–H groups in total. The third-order valence-electron chi connectivity index (χ3n) is 2.29. The summed E-state index contributed by atoms with van der Waals surface area (Å²) in [5.74, 6) is -0.437. The van der Waals surface area contributed by atoms with Crippen LogP contribution in [0.2, 0.25) is 0 Å². The number of anilines is 1. The molecular formula is C12H11N3O2. The highest BCUT2D eigenvalue weighted by atomic mass is 16.4. The van der Waals surface area contributed by atoms with Crippen LogP contribution < -0.4 is 5.73 Å². The summed E-state index contributed by atoms with van der Waals surface area (Å²) in [7, 11) is 0. The van der Waals surface area contributed by atoms with Crippen molar-refractivity contribution in [3.8, 4) is 0 Å². The van der Waals surface area contributed by atoms with E-state index in [-0.39, 0.29) is 6.42 Å². The average molecular weight is 229 g/mol. The second kappa shape index (κ2) is 4.61. The first-order valence-electron chi connectivity index (χ1n) is 5.05. The molecule has 2 aromatic rings. The highest BCUT2D eigenvalue weighted by Gasteiger charge is 2.00. The topological polar surface area (TPSA) is 89.1 Å². The van der Waals surface area contributed by atoms with Gasteiger partial charge in [-0.2, -0.15) is 0 Å². The Morgan fingerprint density at radius 1 is 1.41 bits per heavy atom. The first kappa shape index (κ1) is 11.1. The van der Waals surface area contributed by atoms with Crippen molar-refractivity contribution in [2.45, 2.75) is 6.42 Å². The molecule has 2 rings (SSSR count). The zero-order valence-corrected chi connectivity index (χ0v) is 9.00. The normalized spacial score (nSPS) is 11.1. The molecule has 0 bridgehead atoms. The fourth-order valence-corrected chi connectivity index (χ4v) is 1.49. The summed E-state index contributed by atoms with van der Waals surface area (Å²) in [6.07, 6.45) is 4.74. The zero-order chi connectivity index (χ0) is 12.3. The van der Waals surface area contributed by atoms with E-state index in [9.17, 15) is 4.79 Å². The van der Waals surface area contributed by atoms with Gasteiger partial charge in [-0.1, -0.05) is 18.2 Å². The average Bonchev–Trinajstić information content (AvgIpc) is 2.30. The van der Waals surface area contributed by atoms with E-state index < -0.39 is 5.97 Å². The molecule has 0 saturated heterocycles. The van der Waals surface area contributed by atoms with Gasteiger partial charge in [-0.05, 0) is 17.7 Å². The standard InChI is InChI=1S/C12H11N3O2/c13-12-9-6-8(2-1-3-11(16)17)4-5-10(9)14-7-15-12/h1-2,4-7H,3H2,(H,16,17)(H2,13,14,15). The summed E-state index contributed by atoms with van der Waals surface area (Å²) in [4.78, 5) is 18.4. The molecule has 0 aliphatic heterocycles. The minimum absolute atomic E-state index is 0.00118. The molecule has 1 heterocycles. The highest BCUT2D eigenvalue weighted by Crippen LogP contribution is 2.18. The Morgan fingerprint density at radius 2 is 2.24 bits per heavy atom. The van der Waals surface area contributed by atoms with Crippen molar-refractivity contribution < 1.29 is 9.90 Å². The van der Waals surface area contributed by atoms with Crippen LogP contribution in [0.25, 0.3) is 17.0 Å². The number of carboxylic acid groups (broad SMARTS) is 1. The van der Waals surface area contributed by atoms with Crippen molar-refractivity contribution in [2.24, 2.45) is 0 Å². The largest absolute Gasteiger partial charge is 0.481 e. The fraction of sp³-hybridized carbons (Fsp3) is 0.0833. The number of nitrogen functional groups attached to an aromatic ring is 1. The number of aliphatic carboxylic acids is 1. The number of hydrogen-bond acceptors (Lipinski definition) is 4. The van der Waals surface area contributed by atoms with Crippen molar-refractivity contribution in [1.82, 2.24) is 9.97 Å². The van der Waals surface area contributed by atoms with Gasteiger partial charge in [0.1, 0.15) is 12.1 Å². The first-order chi connectivity index (χ1) is 8.16. The van der Waals surface area contributed by atoms with Crippen molar-refractivity contribution in [3.05, 3.63) is 36.2 Å². The van der Waals surface area contributed by atoms with Crippen molar-refractivity contribution in [1.29, 1.82) is 0 Å². The van der Waals surface area contributed by atoms with E-state index in [0.29, 0.717) is 5.82 Å². The predicted octanol–water partition coefficient (Wildman–Crippen LogP) is 1.70. The van der Waals surface area contributed by atoms with Gasteiger partial charge in [0.15, 0.2) is 0 Å². The molecule has 17 heavy (non-hydrogen) atoms. The van der Waals surface area contributed by atoms with E-state index in [1.54, 1.807) is 12.2 Å². The van der Waals surface area contributed by atoms with Crippen LogP contribution in [0.15, 0.2) is 30.6 Å². The Labute approximate surface area is 97.6 Å². The smallest absolute Gasteiger partial charge is 0.307 e. The SMILES string of the molecule is Nc1ncnc2ccc(C=CCC(=O)O)cc12. The van der Waals surface area contributed by atoms with E-state index in [1.807, 2.05) is 18.2 Å². The predicted molar refractivity (Wildman–Crippen MR) is 65.2 cm³/mol. The molecule has 0 amide bonds. The van der Waals surface area contributed by atoms with Gasteiger partial charge in [0, 0.05) is 5.39 Å². The Kier molecular flexibility index (Phi) is 3.00. The van der Waals surface area contributed by atoms with Crippen LogP contribution in [0, 0.1) is 0 Å². The van der Waals surface area contributed by atoms with Gasteiger partial charge in [0.05, 0.1) is 11.9 Å². The first-order valence-corrected chi connectivity index (χ1v) is 5.05. The van der Waals surface area contributed by atoms with Crippen molar-refractivity contribution in [3.63, 3.8) is 0 Å². The molecular weight excluding hydrogens is 218 g/mol.